The number of nitrogens with zero attached hydrogens (tertiary/aromatic N) is 3. The van der Waals surface area contributed by atoms with E-state index in [-0.39, 0.29) is 41.9 Å². The van der Waals surface area contributed by atoms with Gasteiger partial charge < -0.3 is 0 Å². The van der Waals surface area contributed by atoms with Crippen LogP contribution in [-0.4, -0.2) is 53.5 Å². The van der Waals surface area contributed by atoms with Gasteiger partial charge in [-0.05, 0) is 31.6 Å². The van der Waals surface area contributed by atoms with Crippen molar-refractivity contribution in [3.63, 3.8) is 0 Å². The maximum Gasteiger partial charge on any atom is 0.273 e. The van der Waals surface area contributed by atoms with Crippen LogP contribution in [0, 0.1) is 5.92 Å². The van der Waals surface area contributed by atoms with Crippen molar-refractivity contribution in [2.45, 2.75) is 51.5 Å². The van der Waals surface area contributed by atoms with E-state index < -0.39 is 15.9 Å². The number of aromatic nitrogens is 1. The smallest absolute Gasteiger partial charge is 0.273 e. The molecule has 1 saturated heterocycles. The second kappa shape index (κ2) is 6.97. The fourth-order valence-electron chi connectivity index (χ4n) is 3.75. The van der Waals surface area contributed by atoms with Crippen molar-refractivity contribution in [1.29, 1.82) is 0 Å². The summed E-state index contributed by atoms with van der Waals surface area (Å²) in [5, 5.41) is 8.78. The van der Waals surface area contributed by atoms with Crippen LogP contribution in [0.2, 0.25) is 0 Å². The van der Waals surface area contributed by atoms with E-state index in [9.17, 15) is 18.0 Å². The number of hydrogen-bond acceptors (Lipinski definition) is 7. The third-order valence-corrected chi connectivity index (χ3v) is 8.07. The van der Waals surface area contributed by atoms with Gasteiger partial charge in [0.1, 0.15) is 5.71 Å². The lowest BCUT2D eigenvalue weighted by molar-refractivity contribution is -0.133. The highest BCUT2D eigenvalue weighted by Gasteiger charge is 2.37. The van der Waals surface area contributed by atoms with E-state index in [1.165, 1.54) is 21.2 Å². The summed E-state index contributed by atoms with van der Waals surface area (Å²) in [5.74, 6) is 0.00201. The lowest BCUT2D eigenvalue weighted by Gasteiger charge is -2.27. The van der Waals surface area contributed by atoms with Gasteiger partial charge in [0.25, 0.3) is 5.91 Å². The largest absolute Gasteiger partial charge is 0.297 e. The number of fused-ring (bicyclic) bond motifs is 1. The number of rotatable bonds is 3. The number of carbonyl (C=O) groups is 2. The van der Waals surface area contributed by atoms with Crippen LogP contribution in [0.4, 0.5) is 5.13 Å². The summed E-state index contributed by atoms with van der Waals surface area (Å²) in [5.41, 5.74) is 1.31. The fraction of sp³-hybridized carbons (Fsp3) is 0.647. The molecule has 1 fully saturated rings. The van der Waals surface area contributed by atoms with Crippen molar-refractivity contribution < 1.29 is 18.0 Å². The summed E-state index contributed by atoms with van der Waals surface area (Å²) in [6.45, 7) is 2.21. The number of aryl methyl sites for hydroxylation is 1. The molecule has 8 nitrogen and oxygen atoms in total. The Kier molecular flexibility index (Phi) is 4.79. The van der Waals surface area contributed by atoms with Gasteiger partial charge in [0, 0.05) is 17.7 Å². The molecule has 1 aromatic rings. The highest BCUT2D eigenvalue weighted by Crippen LogP contribution is 2.32. The second-order valence-corrected chi connectivity index (χ2v) is 10.8. The molecule has 2 atom stereocenters. The van der Waals surface area contributed by atoms with Crippen LogP contribution in [0.25, 0.3) is 0 Å². The zero-order valence-electron chi connectivity index (χ0n) is 15.1. The number of amides is 2. The summed E-state index contributed by atoms with van der Waals surface area (Å²) in [6.07, 6.45) is 3.81. The first-order chi connectivity index (χ1) is 12.8. The monoisotopic (exact) mass is 410 g/mol. The van der Waals surface area contributed by atoms with Crippen LogP contribution >= 0.6 is 11.3 Å². The molecular formula is C17H22N4O4S2. The van der Waals surface area contributed by atoms with Crippen LogP contribution in [-0.2, 0) is 32.3 Å². The number of hydrogen-bond donors (Lipinski definition) is 1. The average Bonchev–Trinajstić information content (AvgIpc) is 3.16. The highest BCUT2D eigenvalue weighted by molar-refractivity contribution is 7.91. The molecule has 2 aliphatic heterocycles. The van der Waals surface area contributed by atoms with Crippen molar-refractivity contribution in [2.75, 3.05) is 16.8 Å². The molecule has 0 aromatic carbocycles. The summed E-state index contributed by atoms with van der Waals surface area (Å²) in [6, 6.07) is -0.473. The quantitative estimate of drug-likeness (QED) is 0.810. The van der Waals surface area contributed by atoms with Gasteiger partial charge in [-0.3, -0.25) is 14.9 Å². The van der Waals surface area contributed by atoms with Crippen LogP contribution in [0.1, 0.15) is 43.2 Å². The standard InChI is InChI=1S/C17H22N4O4S2/c1-10-2-3-12-14(8-10)26-17(18-12)19-16(23)13-4-5-15(22)21(20-13)11-6-7-27(24,25)9-11/h10-11H,2-9H2,1H3,(H,18,19,23)/t10-,11+/m0/s1. The first-order valence-electron chi connectivity index (χ1n) is 9.20. The molecule has 27 heavy (non-hydrogen) atoms. The second-order valence-electron chi connectivity index (χ2n) is 7.53. The molecule has 0 radical (unpaired) electrons. The Morgan fingerprint density at radius 3 is 2.81 bits per heavy atom. The van der Waals surface area contributed by atoms with E-state index in [0.717, 1.165) is 25.0 Å². The lowest BCUT2D eigenvalue weighted by Crippen LogP contribution is -2.42. The molecule has 146 valence electrons. The Bertz CT molecular complexity index is 921. The fourth-order valence-corrected chi connectivity index (χ4v) is 6.61. The van der Waals surface area contributed by atoms with Crippen LogP contribution < -0.4 is 5.32 Å². The first kappa shape index (κ1) is 18.5. The van der Waals surface area contributed by atoms with Gasteiger partial charge in [-0.15, -0.1) is 11.3 Å². The van der Waals surface area contributed by atoms with E-state index >= 15 is 0 Å². The van der Waals surface area contributed by atoms with Gasteiger partial charge in [0.2, 0.25) is 5.91 Å². The number of sulfone groups is 1. The topological polar surface area (TPSA) is 109 Å². The molecule has 0 saturated carbocycles. The zero-order chi connectivity index (χ0) is 19.2. The van der Waals surface area contributed by atoms with Crippen molar-refractivity contribution in [3.8, 4) is 0 Å². The minimum atomic E-state index is -3.13. The minimum Gasteiger partial charge on any atom is -0.297 e. The lowest BCUT2D eigenvalue weighted by atomic mass is 9.93. The van der Waals surface area contributed by atoms with E-state index in [1.807, 2.05) is 0 Å². The molecule has 0 spiro atoms. The maximum absolute atomic E-state index is 12.6. The summed E-state index contributed by atoms with van der Waals surface area (Å²) < 4.78 is 23.4. The molecule has 2 amide bonds. The van der Waals surface area contributed by atoms with Gasteiger partial charge in [-0.1, -0.05) is 6.92 Å². The zero-order valence-corrected chi connectivity index (χ0v) is 16.7. The van der Waals surface area contributed by atoms with Crippen molar-refractivity contribution in [2.24, 2.45) is 11.0 Å². The van der Waals surface area contributed by atoms with Gasteiger partial charge in [0.05, 0.1) is 23.2 Å². The third kappa shape index (κ3) is 3.91. The van der Waals surface area contributed by atoms with Crippen LogP contribution in [0.15, 0.2) is 5.10 Å². The molecule has 1 aliphatic carbocycles. The average molecular weight is 411 g/mol. The van der Waals surface area contributed by atoms with E-state index in [4.69, 9.17) is 0 Å². The van der Waals surface area contributed by atoms with Gasteiger partial charge in [-0.25, -0.2) is 18.4 Å². The predicted molar refractivity (Wildman–Crippen MR) is 103 cm³/mol. The molecule has 0 bridgehead atoms. The molecule has 3 aliphatic rings. The van der Waals surface area contributed by atoms with Crippen LogP contribution in [0.5, 0.6) is 0 Å². The number of carbonyl (C=O) groups excluding carboxylic acids is 2. The Hall–Kier alpha value is -1.81. The van der Waals surface area contributed by atoms with Crippen molar-refractivity contribution >= 4 is 43.8 Å². The first-order valence-corrected chi connectivity index (χ1v) is 11.8. The number of thiazole rings is 1. The number of hydrazone groups is 1. The summed E-state index contributed by atoms with van der Waals surface area (Å²) in [7, 11) is -3.13. The maximum atomic E-state index is 12.6. The summed E-state index contributed by atoms with van der Waals surface area (Å²) >= 11 is 1.50. The van der Waals surface area contributed by atoms with Gasteiger partial charge >= 0.3 is 0 Å². The van der Waals surface area contributed by atoms with Crippen molar-refractivity contribution in [1.82, 2.24) is 9.99 Å². The minimum absolute atomic E-state index is 0.0571. The Morgan fingerprint density at radius 2 is 2.07 bits per heavy atom. The SMILES string of the molecule is C[C@H]1CCc2nc(NC(=O)C3=NN([C@@H]4CCS(=O)(=O)C4)C(=O)CC3)sc2C1. The van der Waals surface area contributed by atoms with Crippen LogP contribution in [0.3, 0.4) is 0 Å². The molecule has 1 aromatic heterocycles. The predicted octanol–water partition coefficient (Wildman–Crippen LogP) is 1.37. The molecule has 10 heteroatoms. The van der Waals surface area contributed by atoms with E-state index in [1.54, 1.807) is 0 Å². The number of anilines is 1. The van der Waals surface area contributed by atoms with Gasteiger partial charge in [-0.2, -0.15) is 5.10 Å². The molecular weight excluding hydrogens is 388 g/mol. The molecule has 3 heterocycles. The molecule has 0 unspecified atom stereocenters. The molecule has 4 rings (SSSR count). The Morgan fingerprint density at radius 1 is 1.26 bits per heavy atom. The van der Waals surface area contributed by atoms with Gasteiger partial charge in [0.15, 0.2) is 15.0 Å². The third-order valence-electron chi connectivity index (χ3n) is 5.28. The molecule has 1 N–H and O–H groups in total. The Labute approximate surface area is 162 Å². The van der Waals surface area contributed by atoms with Crippen molar-refractivity contribution in [3.05, 3.63) is 10.6 Å². The Balaban J connectivity index is 1.48. The number of nitrogens with one attached hydrogen (secondary N) is 1. The summed E-state index contributed by atoms with van der Waals surface area (Å²) in [4.78, 5) is 30.5. The van der Waals surface area contributed by atoms with E-state index in [0.29, 0.717) is 17.5 Å². The van der Waals surface area contributed by atoms with E-state index in [2.05, 4.69) is 22.3 Å². The normalized spacial score (nSPS) is 27.2. The highest BCUT2D eigenvalue weighted by atomic mass is 32.2.